The van der Waals surface area contributed by atoms with Crippen molar-refractivity contribution in [3.05, 3.63) is 17.6 Å². The summed E-state index contributed by atoms with van der Waals surface area (Å²) >= 11 is 0. The molecule has 0 bridgehead atoms. The lowest BCUT2D eigenvalue weighted by molar-refractivity contribution is 0.248. The van der Waals surface area contributed by atoms with Crippen molar-refractivity contribution >= 4 is 5.82 Å². The highest BCUT2D eigenvalue weighted by Crippen LogP contribution is 2.09. The van der Waals surface area contributed by atoms with Gasteiger partial charge >= 0.3 is 0 Å². The third-order valence-electron chi connectivity index (χ3n) is 3.86. The van der Waals surface area contributed by atoms with Crippen molar-refractivity contribution < 1.29 is 0 Å². The normalized spacial score (nSPS) is 15.8. The lowest BCUT2D eigenvalue weighted by Crippen LogP contribution is -2.31. The van der Waals surface area contributed by atoms with E-state index in [1.165, 1.54) is 25.9 Å². The minimum absolute atomic E-state index is 0.816. The zero-order valence-corrected chi connectivity index (χ0v) is 13.7. The Labute approximate surface area is 128 Å². The monoisotopic (exact) mass is 291 g/mol. The minimum Gasteiger partial charge on any atom is -0.370 e. The number of rotatable bonds is 8. The summed E-state index contributed by atoms with van der Waals surface area (Å²) in [7, 11) is 2.15. The van der Waals surface area contributed by atoms with Crippen LogP contribution in [0, 0.1) is 6.92 Å². The topological polar surface area (TPSA) is 44.3 Å². The van der Waals surface area contributed by atoms with Gasteiger partial charge in [0.2, 0.25) is 0 Å². The zero-order chi connectivity index (χ0) is 15.1. The van der Waals surface area contributed by atoms with Gasteiger partial charge in [-0.3, -0.25) is 4.90 Å². The summed E-state index contributed by atoms with van der Waals surface area (Å²) in [4.78, 5) is 14.0. The van der Waals surface area contributed by atoms with Crippen LogP contribution in [0.2, 0.25) is 0 Å². The van der Waals surface area contributed by atoms with E-state index in [2.05, 4.69) is 39.1 Å². The summed E-state index contributed by atoms with van der Waals surface area (Å²) < 4.78 is 0. The Morgan fingerprint density at radius 3 is 2.76 bits per heavy atom. The maximum absolute atomic E-state index is 4.61. The molecule has 0 amide bonds. The van der Waals surface area contributed by atoms with Crippen molar-refractivity contribution in [1.29, 1.82) is 0 Å². The molecule has 1 saturated heterocycles. The van der Waals surface area contributed by atoms with E-state index in [0.717, 1.165) is 49.9 Å². The van der Waals surface area contributed by atoms with E-state index in [4.69, 9.17) is 0 Å². The van der Waals surface area contributed by atoms with Crippen LogP contribution in [0.15, 0.2) is 6.07 Å². The number of likely N-dealkylation sites (N-methyl/N-ethyl adjacent to an activating group) is 1. The summed E-state index contributed by atoms with van der Waals surface area (Å²) in [6.45, 7) is 10.7. The minimum atomic E-state index is 0.816. The Hall–Kier alpha value is -1.20. The Bertz CT molecular complexity index is 429. The van der Waals surface area contributed by atoms with E-state index in [0.29, 0.717) is 0 Å². The molecule has 0 radical (unpaired) electrons. The molecule has 118 valence electrons. The molecule has 2 rings (SSSR count). The number of hydrogen-bond acceptors (Lipinski definition) is 5. The molecular formula is C16H29N5. The van der Waals surface area contributed by atoms with Gasteiger partial charge in [0.05, 0.1) is 6.54 Å². The number of nitrogens with one attached hydrogen (secondary N) is 1. The molecule has 0 saturated carbocycles. The van der Waals surface area contributed by atoms with Crippen LogP contribution in [0.25, 0.3) is 0 Å². The third-order valence-corrected chi connectivity index (χ3v) is 3.86. The summed E-state index contributed by atoms with van der Waals surface area (Å²) in [6, 6.07) is 2.02. The number of aromatic nitrogens is 2. The van der Waals surface area contributed by atoms with Gasteiger partial charge in [-0.1, -0.05) is 6.92 Å². The number of aryl methyl sites for hydroxylation is 1. The molecule has 0 spiro atoms. The second-order valence-electron chi connectivity index (χ2n) is 6.02. The van der Waals surface area contributed by atoms with Crippen molar-refractivity contribution in [3.63, 3.8) is 0 Å². The van der Waals surface area contributed by atoms with Crippen molar-refractivity contribution in [2.24, 2.45) is 0 Å². The van der Waals surface area contributed by atoms with Crippen LogP contribution in [0.3, 0.4) is 0 Å². The predicted octanol–water partition coefficient (Wildman–Crippen LogP) is 2.13. The molecular weight excluding hydrogens is 262 g/mol. The third kappa shape index (κ3) is 5.59. The fourth-order valence-corrected chi connectivity index (χ4v) is 2.68. The molecule has 1 aromatic heterocycles. The van der Waals surface area contributed by atoms with Crippen molar-refractivity contribution in [1.82, 2.24) is 19.8 Å². The maximum atomic E-state index is 4.61. The SMILES string of the molecule is CCCNc1cc(C)nc(CN(C)CCN2CCCC2)n1. The first-order chi connectivity index (χ1) is 10.2. The number of anilines is 1. The number of hydrogen-bond donors (Lipinski definition) is 1. The predicted molar refractivity (Wildman–Crippen MR) is 87.6 cm³/mol. The van der Waals surface area contributed by atoms with E-state index < -0.39 is 0 Å². The maximum Gasteiger partial charge on any atom is 0.144 e. The summed E-state index contributed by atoms with van der Waals surface area (Å²) in [5.74, 6) is 1.87. The summed E-state index contributed by atoms with van der Waals surface area (Å²) in [5.41, 5.74) is 1.03. The van der Waals surface area contributed by atoms with Gasteiger partial charge in [0.15, 0.2) is 0 Å². The van der Waals surface area contributed by atoms with Gasteiger partial charge in [0, 0.05) is 31.4 Å². The second kappa shape index (κ2) is 8.29. The number of nitrogens with zero attached hydrogens (tertiary/aromatic N) is 4. The highest BCUT2D eigenvalue weighted by molar-refractivity contribution is 5.35. The van der Waals surface area contributed by atoms with E-state index in [9.17, 15) is 0 Å². The Kier molecular flexibility index (Phi) is 6.39. The molecule has 1 aliphatic rings. The fraction of sp³-hybridized carbons (Fsp3) is 0.750. The Morgan fingerprint density at radius 2 is 2.05 bits per heavy atom. The van der Waals surface area contributed by atoms with Gasteiger partial charge in [-0.2, -0.15) is 0 Å². The average molecular weight is 291 g/mol. The van der Waals surface area contributed by atoms with Gasteiger partial charge in [0.25, 0.3) is 0 Å². The molecule has 0 atom stereocenters. The van der Waals surface area contributed by atoms with E-state index in [-0.39, 0.29) is 0 Å². The molecule has 5 heteroatoms. The van der Waals surface area contributed by atoms with Crippen molar-refractivity contribution in [2.75, 3.05) is 45.1 Å². The van der Waals surface area contributed by atoms with Crippen LogP contribution in [-0.2, 0) is 6.54 Å². The first kappa shape index (κ1) is 16.2. The molecule has 21 heavy (non-hydrogen) atoms. The van der Waals surface area contributed by atoms with Gasteiger partial charge in [-0.05, 0) is 46.3 Å². The molecule has 1 N–H and O–H groups in total. The van der Waals surface area contributed by atoms with Crippen LogP contribution in [0.4, 0.5) is 5.82 Å². The molecule has 2 heterocycles. The first-order valence-electron chi connectivity index (χ1n) is 8.16. The fourth-order valence-electron chi connectivity index (χ4n) is 2.68. The van der Waals surface area contributed by atoms with Gasteiger partial charge in [-0.15, -0.1) is 0 Å². The molecule has 0 aromatic carbocycles. The second-order valence-corrected chi connectivity index (χ2v) is 6.02. The standard InChI is InChI=1S/C16H29N5/c1-4-7-17-15-12-14(2)18-16(19-15)13-20(3)10-11-21-8-5-6-9-21/h12H,4-11,13H2,1-3H3,(H,17,18,19). The van der Waals surface area contributed by atoms with Crippen molar-refractivity contribution in [2.45, 2.75) is 39.7 Å². The largest absolute Gasteiger partial charge is 0.370 e. The van der Waals surface area contributed by atoms with Gasteiger partial charge in [0.1, 0.15) is 11.6 Å². The quantitative estimate of drug-likeness (QED) is 0.795. The smallest absolute Gasteiger partial charge is 0.144 e. The lowest BCUT2D eigenvalue weighted by atomic mass is 10.3. The highest BCUT2D eigenvalue weighted by atomic mass is 15.2. The van der Waals surface area contributed by atoms with Crippen molar-refractivity contribution in [3.8, 4) is 0 Å². The first-order valence-corrected chi connectivity index (χ1v) is 8.16. The van der Waals surface area contributed by atoms with Gasteiger partial charge < -0.3 is 10.2 Å². The highest BCUT2D eigenvalue weighted by Gasteiger charge is 2.12. The molecule has 1 aliphatic heterocycles. The van der Waals surface area contributed by atoms with Crippen LogP contribution >= 0.6 is 0 Å². The van der Waals surface area contributed by atoms with Crippen LogP contribution in [0.5, 0.6) is 0 Å². The Balaban J connectivity index is 1.83. The lowest BCUT2D eigenvalue weighted by Gasteiger charge is -2.21. The molecule has 0 unspecified atom stereocenters. The van der Waals surface area contributed by atoms with E-state index in [1.807, 2.05) is 13.0 Å². The number of likely N-dealkylation sites (tertiary alicyclic amines) is 1. The van der Waals surface area contributed by atoms with E-state index in [1.54, 1.807) is 0 Å². The van der Waals surface area contributed by atoms with Crippen LogP contribution in [0.1, 0.15) is 37.7 Å². The van der Waals surface area contributed by atoms with Crippen LogP contribution < -0.4 is 5.32 Å². The van der Waals surface area contributed by atoms with E-state index >= 15 is 0 Å². The molecule has 5 nitrogen and oxygen atoms in total. The summed E-state index contributed by atoms with van der Waals surface area (Å²) in [5, 5.41) is 3.35. The van der Waals surface area contributed by atoms with Gasteiger partial charge in [-0.25, -0.2) is 9.97 Å². The zero-order valence-electron chi connectivity index (χ0n) is 13.7. The molecule has 1 aromatic rings. The molecule has 1 fully saturated rings. The van der Waals surface area contributed by atoms with Crippen LogP contribution in [-0.4, -0.2) is 59.5 Å². The Morgan fingerprint density at radius 1 is 1.29 bits per heavy atom. The average Bonchev–Trinajstić information content (AvgIpc) is 2.95. The summed E-state index contributed by atoms with van der Waals surface area (Å²) in [6.07, 6.45) is 3.82. The molecule has 0 aliphatic carbocycles.